The zero-order valence-electron chi connectivity index (χ0n) is 6.70. The zero-order valence-corrected chi connectivity index (χ0v) is 6.70. The van der Waals surface area contributed by atoms with Gasteiger partial charge in [-0.1, -0.05) is 13.8 Å². The first kappa shape index (κ1) is 10.8. The second kappa shape index (κ2) is 3.43. The van der Waals surface area contributed by atoms with Gasteiger partial charge in [0.2, 0.25) is 0 Å². The summed E-state index contributed by atoms with van der Waals surface area (Å²) in [5.74, 6) is 0. The summed E-state index contributed by atoms with van der Waals surface area (Å²) in [5, 5.41) is 8.59. The first-order valence-corrected chi connectivity index (χ1v) is 3.61. The second-order valence-electron chi connectivity index (χ2n) is 2.64. The second-order valence-corrected chi connectivity index (χ2v) is 2.64. The van der Waals surface area contributed by atoms with Gasteiger partial charge in [0.05, 0.1) is 12.0 Å². The van der Waals surface area contributed by atoms with Gasteiger partial charge in [0.1, 0.15) is 0 Å². The van der Waals surface area contributed by atoms with Crippen molar-refractivity contribution in [2.45, 2.75) is 32.9 Å². The van der Waals surface area contributed by atoms with E-state index >= 15 is 0 Å². The minimum Gasteiger partial charge on any atom is -0.395 e. The number of aliphatic hydroxyl groups is 1. The molecular weight excluding hydrogens is 157 g/mol. The van der Waals surface area contributed by atoms with Crippen LogP contribution in [0, 0.1) is 5.41 Å². The van der Waals surface area contributed by atoms with Crippen LogP contribution in [-0.4, -0.2) is 17.9 Å². The van der Waals surface area contributed by atoms with Gasteiger partial charge in [-0.25, -0.2) is 0 Å². The molecule has 0 radical (unpaired) electrons. The van der Waals surface area contributed by atoms with E-state index in [9.17, 15) is 13.2 Å². The number of alkyl halides is 3. The molecule has 0 bridgehead atoms. The van der Waals surface area contributed by atoms with Gasteiger partial charge in [0, 0.05) is 0 Å². The summed E-state index contributed by atoms with van der Waals surface area (Å²) in [6, 6.07) is 0. The standard InChI is InChI=1S/C7H13F3O/c1-3-6(4-2,5-11)7(8,9)10/h11H,3-5H2,1-2H3. The van der Waals surface area contributed by atoms with E-state index in [2.05, 4.69) is 0 Å². The van der Waals surface area contributed by atoms with Crippen LogP contribution < -0.4 is 0 Å². The summed E-state index contributed by atoms with van der Waals surface area (Å²) in [6.07, 6.45) is -4.42. The summed E-state index contributed by atoms with van der Waals surface area (Å²) in [4.78, 5) is 0. The molecule has 1 N–H and O–H groups in total. The van der Waals surface area contributed by atoms with Crippen LogP contribution in [-0.2, 0) is 0 Å². The average Bonchev–Trinajstić information content (AvgIpc) is 1.90. The average molecular weight is 170 g/mol. The van der Waals surface area contributed by atoms with Crippen LogP contribution >= 0.6 is 0 Å². The van der Waals surface area contributed by atoms with Crippen molar-refractivity contribution in [3.63, 3.8) is 0 Å². The third-order valence-corrected chi connectivity index (χ3v) is 2.26. The van der Waals surface area contributed by atoms with Crippen LogP contribution in [0.4, 0.5) is 13.2 Å². The molecule has 0 rings (SSSR count). The summed E-state index contributed by atoms with van der Waals surface area (Å²) in [7, 11) is 0. The van der Waals surface area contributed by atoms with Crippen LogP contribution in [0.5, 0.6) is 0 Å². The summed E-state index contributed by atoms with van der Waals surface area (Å²) in [5.41, 5.74) is -1.88. The Bertz CT molecular complexity index is 107. The summed E-state index contributed by atoms with van der Waals surface area (Å²) in [6.45, 7) is 2.06. The van der Waals surface area contributed by atoms with Crippen molar-refractivity contribution in [1.82, 2.24) is 0 Å². The van der Waals surface area contributed by atoms with Gasteiger partial charge < -0.3 is 5.11 Å². The molecule has 0 aliphatic carbocycles. The summed E-state index contributed by atoms with van der Waals surface area (Å²) < 4.78 is 36.6. The number of rotatable bonds is 3. The van der Waals surface area contributed by atoms with E-state index in [1.807, 2.05) is 0 Å². The normalized spacial score (nSPS) is 13.6. The molecule has 0 saturated heterocycles. The van der Waals surface area contributed by atoms with Crippen molar-refractivity contribution in [2.75, 3.05) is 6.61 Å². The van der Waals surface area contributed by atoms with Gasteiger partial charge in [-0.05, 0) is 12.8 Å². The number of halogens is 3. The fourth-order valence-corrected chi connectivity index (χ4v) is 0.964. The minimum absolute atomic E-state index is 0.0660. The highest BCUT2D eigenvalue weighted by Crippen LogP contribution is 2.43. The molecule has 0 unspecified atom stereocenters. The highest BCUT2D eigenvalue weighted by atomic mass is 19.4. The van der Waals surface area contributed by atoms with E-state index in [1.165, 1.54) is 13.8 Å². The predicted molar refractivity (Wildman–Crippen MR) is 36.2 cm³/mol. The largest absolute Gasteiger partial charge is 0.396 e. The van der Waals surface area contributed by atoms with Crippen molar-refractivity contribution in [1.29, 1.82) is 0 Å². The Kier molecular flexibility index (Phi) is 3.35. The van der Waals surface area contributed by atoms with Crippen molar-refractivity contribution in [3.8, 4) is 0 Å². The van der Waals surface area contributed by atoms with E-state index in [4.69, 9.17) is 5.11 Å². The van der Waals surface area contributed by atoms with Crippen LogP contribution in [0.3, 0.4) is 0 Å². The molecule has 0 atom stereocenters. The lowest BCUT2D eigenvalue weighted by Gasteiger charge is -2.31. The van der Waals surface area contributed by atoms with Gasteiger partial charge in [0.15, 0.2) is 0 Å². The third-order valence-electron chi connectivity index (χ3n) is 2.26. The lowest BCUT2D eigenvalue weighted by atomic mass is 9.83. The first-order valence-electron chi connectivity index (χ1n) is 3.61. The van der Waals surface area contributed by atoms with E-state index < -0.39 is 18.2 Å². The van der Waals surface area contributed by atoms with Crippen molar-refractivity contribution in [3.05, 3.63) is 0 Å². The number of hydrogen-bond acceptors (Lipinski definition) is 1. The Morgan fingerprint density at radius 2 is 1.45 bits per heavy atom. The zero-order chi connectivity index (χ0) is 9.12. The fourth-order valence-electron chi connectivity index (χ4n) is 0.964. The van der Waals surface area contributed by atoms with Gasteiger partial charge in [-0.15, -0.1) is 0 Å². The van der Waals surface area contributed by atoms with Crippen LogP contribution in [0.2, 0.25) is 0 Å². The maximum Gasteiger partial charge on any atom is 0.396 e. The van der Waals surface area contributed by atoms with E-state index in [0.717, 1.165) is 0 Å². The van der Waals surface area contributed by atoms with Crippen molar-refractivity contribution < 1.29 is 18.3 Å². The monoisotopic (exact) mass is 170 g/mol. The molecule has 0 spiro atoms. The number of hydrogen-bond donors (Lipinski definition) is 1. The van der Waals surface area contributed by atoms with Gasteiger partial charge in [-0.2, -0.15) is 13.2 Å². The third kappa shape index (κ3) is 1.86. The van der Waals surface area contributed by atoms with Crippen molar-refractivity contribution >= 4 is 0 Å². The maximum absolute atomic E-state index is 12.2. The van der Waals surface area contributed by atoms with Crippen molar-refractivity contribution in [2.24, 2.45) is 5.41 Å². The molecule has 1 nitrogen and oxygen atoms in total. The van der Waals surface area contributed by atoms with E-state index in [0.29, 0.717) is 0 Å². The molecule has 0 saturated carbocycles. The molecule has 0 fully saturated rings. The topological polar surface area (TPSA) is 20.2 Å². The lowest BCUT2D eigenvalue weighted by Crippen LogP contribution is -2.40. The molecule has 0 aliphatic rings. The van der Waals surface area contributed by atoms with E-state index in [1.54, 1.807) is 0 Å². The summed E-state index contributed by atoms with van der Waals surface area (Å²) >= 11 is 0. The Balaban J connectivity index is 4.54. The predicted octanol–water partition coefficient (Wildman–Crippen LogP) is 2.35. The molecule has 11 heavy (non-hydrogen) atoms. The quantitative estimate of drug-likeness (QED) is 0.689. The maximum atomic E-state index is 12.2. The smallest absolute Gasteiger partial charge is 0.395 e. The molecule has 0 amide bonds. The molecule has 0 aliphatic heterocycles. The minimum atomic E-state index is -4.29. The SMILES string of the molecule is CCC(CC)(CO)C(F)(F)F. The lowest BCUT2D eigenvalue weighted by molar-refractivity contribution is -0.238. The molecule has 68 valence electrons. The van der Waals surface area contributed by atoms with Crippen LogP contribution in [0.1, 0.15) is 26.7 Å². The Morgan fingerprint density at radius 1 is 1.09 bits per heavy atom. The van der Waals surface area contributed by atoms with Crippen LogP contribution in [0.25, 0.3) is 0 Å². The molecule has 0 aromatic rings. The Labute approximate surface area is 64.2 Å². The van der Waals surface area contributed by atoms with Gasteiger partial charge in [0.25, 0.3) is 0 Å². The Morgan fingerprint density at radius 3 is 1.45 bits per heavy atom. The molecule has 0 heterocycles. The van der Waals surface area contributed by atoms with Crippen LogP contribution in [0.15, 0.2) is 0 Å². The number of aliphatic hydroxyl groups excluding tert-OH is 1. The molecule has 4 heteroatoms. The Hall–Kier alpha value is -0.250. The fraction of sp³-hybridized carbons (Fsp3) is 1.00. The molecule has 0 aromatic carbocycles. The highest BCUT2D eigenvalue weighted by Gasteiger charge is 2.51. The molecule has 0 aromatic heterocycles. The first-order chi connectivity index (χ1) is 4.93. The van der Waals surface area contributed by atoms with Gasteiger partial charge in [-0.3, -0.25) is 0 Å². The molecular formula is C7H13F3O. The van der Waals surface area contributed by atoms with E-state index in [-0.39, 0.29) is 12.8 Å². The highest BCUT2D eigenvalue weighted by molar-refractivity contribution is 4.83. The van der Waals surface area contributed by atoms with Gasteiger partial charge >= 0.3 is 6.18 Å².